The summed E-state index contributed by atoms with van der Waals surface area (Å²) in [6.45, 7) is 10.7. The van der Waals surface area contributed by atoms with E-state index >= 15 is 0 Å². The Bertz CT molecular complexity index is 1640. The largest absolute Gasteiger partial charge is 0.444 e. The highest BCUT2D eigenvalue weighted by molar-refractivity contribution is 7.98. The molecule has 41 heavy (non-hydrogen) atoms. The Morgan fingerprint density at radius 3 is 2.49 bits per heavy atom. The third-order valence-electron chi connectivity index (χ3n) is 6.93. The molecule has 0 bridgehead atoms. The monoisotopic (exact) mass is 579 g/mol. The van der Waals surface area contributed by atoms with E-state index in [0.717, 1.165) is 11.1 Å². The fraction of sp³-hybridized carbons (Fsp3) is 0.414. The number of piperazine rings is 1. The molecule has 3 heterocycles. The van der Waals surface area contributed by atoms with Gasteiger partial charge in [-0.1, -0.05) is 11.8 Å². The summed E-state index contributed by atoms with van der Waals surface area (Å²) in [5, 5.41) is 8.78. The van der Waals surface area contributed by atoms with Crippen molar-refractivity contribution in [1.29, 1.82) is 0 Å². The third kappa shape index (κ3) is 5.79. The molecule has 0 aliphatic carbocycles. The van der Waals surface area contributed by atoms with E-state index in [9.17, 15) is 14.0 Å². The number of aryl methyl sites for hydroxylation is 1. The van der Waals surface area contributed by atoms with Crippen LogP contribution in [0.1, 0.15) is 45.0 Å². The van der Waals surface area contributed by atoms with Gasteiger partial charge in [-0.25, -0.2) is 19.2 Å². The van der Waals surface area contributed by atoms with Crippen molar-refractivity contribution in [3.8, 4) is 0 Å². The fourth-order valence-corrected chi connectivity index (χ4v) is 5.66. The SMILES string of the molecule is CSc1ncc2c(N3C[C@@H](C)N(C(=O)OC(C)(C)C)[C@@H](C)C3)ccc(C(=O)Nc3cc(F)c4nn(C)cc4c3)c2n1. The van der Waals surface area contributed by atoms with Crippen molar-refractivity contribution in [3.05, 3.63) is 48.0 Å². The standard InChI is InChI=1S/C29H34FN7O3S/c1-16-13-36(14-17(2)37(16)28(39)40-29(3,4)5)23-9-8-20(25-21(23)12-31-27(33-25)41-7)26(38)32-19-10-18-15-35(6)34-24(18)22(30)11-19/h8-12,15-17H,13-14H2,1-7H3,(H,32,38)/t16-,17+. The number of ether oxygens (including phenoxy) is 1. The first-order valence-electron chi connectivity index (χ1n) is 13.4. The van der Waals surface area contributed by atoms with Gasteiger partial charge in [0.05, 0.1) is 23.2 Å². The number of amides is 2. The van der Waals surface area contributed by atoms with Gasteiger partial charge >= 0.3 is 6.09 Å². The number of anilines is 2. The molecule has 1 saturated heterocycles. The molecule has 2 aromatic carbocycles. The van der Waals surface area contributed by atoms with Gasteiger partial charge in [0.15, 0.2) is 11.0 Å². The summed E-state index contributed by atoms with van der Waals surface area (Å²) < 4.78 is 21.8. The van der Waals surface area contributed by atoms with Gasteiger partial charge in [0.1, 0.15) is 11.1 Å². The Morgan fingerprint density at radius 1 is 1.12 bits per heavy atom. The summed E-state index contributed by atoms with van der Waals surface area (Å²) in [4.78, 5) is 39.6. The molecule has 1 aliphatic rings. The van der Waals surface area contributed by atoms with E-state index in [2.05, 4.69) is 20.3 Å². The number of nitrogens with one attached hydrogen (secondary N) is 1. The summed E-state index contributed by atoms with van der Waals surface area (Å²) in [6.07, 6.45) is 4.97. The third-order valence-corrected chi connectivity index (χ3v) is 7.49. The summed E-state index contributed by atoms with van der Waals surface area (Å²) in [5.74, 6) is -0.925. The summed E-state index contributed by atoms with van der Waals surface area (Å²) in [5.41, 5.74) is 1.70. The molecule has 0 unspecified atom stereocenters. The maximum Gasteiger partial charge on any atom is 0.410 e. The van der Waals surface area contributed by atoms with Gasteiger partial charge < -0.3 is 15.0 Å². The normalized spacial score (nSPS) is 17.8. The molecule has 2 aromatic heterocycles. The number of benzene rings is 2. The number of hydrogen-bond acceptors (Lipinski definition) is 8. The van der Waals surface area contributed by atoms with Gasteiger partial charge in [0.25, 0.3) is 5.91 Å². The number of hydrogen-bond donors (Lipinski definition) is 1. The van der Waals surface area contributed by atoms with Crippen LogP contribution in [0.3, 0.4) is 0 Å². The summed E-state index contributed by atoms with van der Waals surface area (Å²) in [6, 6.07) is 6.34. The molecule has 0 radical (unpaired) electrons. The number of nitrogens with zero attached hydrogens (tertiary/aromatic N) is 6. The van der Waals surface area contributed by atoms with Gasteiger partial charge in [-0.05, 0) is 65.1 Å². The molecule has 12 heteroatoms. The lowest BCUT2D eigenvalue weighted by Gasteiger charge is -2.45. The number of fused-ring (bicyclic) bond motifs is 2. The second-order valence-corrected chi connectivity index (χ2v) is 12.2. The number of rotatable bonds is 4. The molecule has 1 N–H and O–H groups in total. The average Bonchev–Trinajstić information content (AvgIpc) is 3.26. The van der Waals surface area contributed by atoms with Crippen molar-refractivity contribution in [2.75, 3.05) is 29.6 Å². The van der Waals surface area contributed by atoms with E-state index in [0.29, 0.717) is 40.4 Å². The lowest BCUT2D eigenvalue weighted by atomic mass is 10.0. The van der Waals surface area contributed by atoms with E-state index < -0.39 is 17.3 Å². The molecule has 0 spiro atoms. The molecule has 10 nitrogen and oxygen atoms in total. The van der Waals surface area contributed by atoms with Gasteiger partial charge in [-0.15, -0.1) is 0 Å². The minimum Gasteiger partial charge on any atom is -0.444 e. The van der Waals surface area contributed by atoms with Crippen LogP contribution in [-0.4, -0.2) is 73.7 Å². The maximum atomic E-state index is 14.7. The molecule has 0 saturated carbocycles. The maximum absolute atomic E-state index is 14.7. The van der Waals surface area contributed by atoms with Gasteiger partial charge in [0.2, 0.25) is 0 Å². The van der Waals surface area contributed by atoms with Crippen LogP contribution in [0.4, 0.5) is 20.6 Å². The fourth-order valence-electron chi connectivity index (χ4n) is 5.32. The van der Waals surface area contributed by atoms with Crippen LogP contribution in [0, 0.1) is 5.82 Å². The topological polar surface area (TPSA) is 105 Å². The second kappa shape index (κ2) is 10.8. The van der Waals surface area contributed by atoms with Crippen molar-refractivity contribution in [2.45, 2.75) is 57.5 Å². The predicted molar refractivity (Wildman–Crippen MR) is 159 cm³/mol. The number of halogens is 1. The zero-order chi connectivity index (χ0) is 29.6. The number of carbonyl (C=O) groups is 2. The van der Waals surface area contributed by atoms with Gasteiger partial charge in [0, 0.05) is 54.7 Å². The molecule has 5 rings (SSSR count). The highest BCUT2D eigenvalue weighted by Gasteiger charge is 2.36. The average molecular weight is 580 g/mol. The van der Waals surface area contributed by atoms with Crippen LogP contribution in [-0.2, 0) is 11.8 Å². The molecule has 2 atom stereocenters. The van der Waals surface area contributed by atoms with Crippen molar-refractivity contribution in [2.24, 2.45) is 7.05 Å². The molecule has 1 fully saturated rings. The Morgan fingerprint density at radius 2 is 1.83 bits per heavy atom. The van der Waals surface area contributed by atoms with Gasteiger partial charge in [-0.3, -0.25) is 14.4 Å². The van der Waals surface area contributed by atoms with E-state index in [-0.39, 0.29) is 23.7 Å². The number of thioether (sulfide) groups is 1. The molecular weight excluding hydrogens is 545 g/mol. The van der Waals surface area contributed by atoms with Crippen LogP contribution in [0.15, 0.2) is 41.8 Å². The van der Waals surface area contributed by atoms with Crippen LogP contribution in [0.2, 0.25) is 0 Å². The van der Waals surface area contributed by atoms with E-state index in [1.807, 2.05) is 46.9 Å². The lowest BCUT2D eigenvalue weighted by molar-refractivity contribution is 0.00567. The van der Waals surface area contributed by atoms with E-state index in [4.69, 9.17) is 9.72 Å². The van der Waals surface area contributed by atoms with E-state index in [1.54, 1.807) is 36.5 Å². The van der Waals surface area contributed by atoms with Crippen molar-refractivity contribution >= 4 is 56.9 Å². The molecule has 1 aliphatic heterocycles. The Balaban J connectivity index is 1.46. The van der Waals surface area contributed by atoms with Crippen LogP contribution in [0.5, 0.6) is 0 Å². The minimum atomic E-state index is -0.581. The van der Waals surface area contributed by atoms with E-state index in [1.165, 1.54) is 22.5 Å². The highest BCUT2D eigenvalue weighted by Crippen LogP contribution is 2.33. The van der Waals surface area contributed by atoms with Crippen LogP contribution in [0.25, 0.3) is 21.8 Å². The summed E-state index contributed by atoms with van der Waals surface area (Å²) >= 11 is 1.38. The first-order chi connectivity index (χ1) is 19.3. The quantitative estimate of drug-likeness (QED) is 0.251. The van der Waals surface area contributed by atoms with Crippen molar-refractivity contribution in [3.63, 3.8) is 0 Å². The lowest BCUT2D eigenvalue weighted by Crippen LogP contribution is -2.59. The first-order valence-corrected chi connectivity index (χ1v) is 14.6. The van der Waals surface area contributed by atoms with Gasteiger partial charge in [-0.2, -0.15) is 5.10 Å². The Labute approximate surface area is 242 Å². The second-order valence-electron chi connectivity index (χ2n) is 11.4. The summed E-state index contributed by atoms with van der Waals surface area (Å²) in [7, 11) is 1.72. The first kappa shape index (κ1) is 28.6. The molecule has 216 valence electrons. The Hall–Kier alpha value is -3.93. The molecular formula is C29H34FN7O3S. The zero-order valence-corrected chi connectivity index (χ0v) is 25.0. The van der Waals surface area contributed by atoms with Crippen molar-refractivity contribution in [1.82, 2.24) is 24.6 Å². The highest BCUT2D eigenvalue weighted by atomic mass is 32.2. The van der Waals surface area contributed by atoms with Crippen LogP contribution >= 0.6 is 11.8 Å². The Kier molecular flexibility index (Phi) is 7.54. The minimum absolute atomic E-state index is 0.115. The van der Waals surface area contributed by atoms with Crippen LogP contribution < -0.4 is 10.2 Å². The number of aromatic nitrogens is 4. The molecule has 4 aromatic rings. The predicted octanol–water partition coefficient (Wildman–Crippen LogP) is 5.46. The number of carbonyl (C=O) groups excluding carboxylic acids is 2. The molecule has 2 amide bonds. The van der Waals surface area contributed by atoms with Crippen molar-refractivity contribution < 1.29 is 18.7 Å². The smallest absolute Gasteiger partial charge is 0.410 e. The zero-order valence-electron chi connectivity index (χ0n) is 24.2.